The second-order valence-electron chi connectivity index (χ2n) is 16.1. The van der Waals surface area contributed by atoms with Gasteiger partial charge in [0.1, 0.15) is 0 Å². The third-order valence-electron chi connectivity index (χ3n) is 12.4. The van der Waals surface area contributed by atoms with Gasteiger partial charge >= 0.3 is 0 Å². The first-order valence-electron chi connectivity index (χ1n) is 20.5. The van der Waals surface area contributed by atoms with Crippen LogP contribution in [0.4, 0.5) is 34.1 Å². The zero-order chi connectivity index (χ0) is 39.5. The van der Waals surface area contributed by atoms with E-state index in [1.807, 2.05) is 0 Å². The molecule has 0 atom stereocenters. The molecule has 1 heterocycles. The molecule has 59 heavy (non-hydrogen) atoms. The van der Waals surface area contributed by atoms with Crippen LogP contribution in [0.5, 0.6) is 0 Å². The van der Waals surface area contributed by atoms with Crippen LogP contribution < -0.4 is 9.80 Å². The van der Waals surface area contributed by atoms with Gasteiger partial charge in [-0.2, -0.15) is 0 Å². The van der Waals surface area contributed by atoms with Gasteiger partial charge in [-0.15, -0.1) is 0 Å². The lowest BCUT2D eigenvalue weighted by atomic mass is 9.70. The summed E-state index contributed by atoms with van der Waals surface area (Å²) in [6.07, 6.45) is 0. The van der Waals surface area contributed by atoms with Crippen molar-refractivity contribution >= 4 is 66.4 Å². The number of rotatable bonds is 6. The molecule has 0 aromatic heterocycles. The Kier molecular flexibility index (Phi) is 8.20. The fraction of sp³-hybridized carbons (Fsp3) is 0.0526. The van der Waals surface area contributed by atoms with Crippen LogP contribution in [0, 0.1) is 0 Å². The van der Waals surface area contributed by atoms with Gasteiger partial charge in [-0.25, -0.2) is 0 Å². The summed E-state index contributed by atoms with van der Waals surface area (Å²) in [5, 5.41) is 7.45. The average molecular weight is 755 g/mol. The maximum absolute atomic E-state index is 2.56. The fourth-order valence-corrected chi connectivity index (χ4v) is 9.68. The molecule has 0 fully saturated rings. The molecule has 10 aromatic carbocycles. The summed E-state index contributed by atoms with van der Waals surface area (Å²) in [5.74, 6) is 0. The SMILES string of the molecule is CC1(C)c2ccccc2N(c2c(N(c3ccccc3)c3ccc(-c4ccccc4)cc3)ccc3ccccc23)c2cccc(-c3cc4ccccc4c4ccccc34)c21. The molecule has 0 radical (unpaired) electrons. The summed E-state index contributed by atoms with van der Waals surface area (Å²) in [6, 6.07) is 80.0. The van der Waals surface area contributed by atoms with E-state index in [0.717, 1.165) is 22.7 Å². The van der Waals surface area contributed by atoms with E-state index >= 15 is 0 Å². The lowest BCUT2D eigenvalue weighted by Gasteiger charge is -2.44. The Balaban J connectivity index is 1.21. The standard InChI is InChI=1S/C57H42N2/c1-57(2)51-29-15-16-30-52(51)59(53-31-17-28-49(55(53)57)50-38-42-21-10-11-24-45(42)47-26-13-14-27-48(47)50)56-46-25-12-9-20-41(46)34-37-54(56)58(43-22-7-4-8-23-43)44-35-32-40(33-36-44)39-18-5-3-6-19-39/h3-38H,1-2H3. The van der Waals surface area contributed by atoms with E-state index in [1.165, 1.54) is 77.1 Å². The number of nitrogens with zero attached hydrogens (tertiary/aromatic N) is 2. The molecule has 1 aliphatic rings. The summed E-state index contributed by atoms with van der Waals surface area (Å²) >= 11 is 0. The number of benzene rings is 10. The number of anilines is 6. The third-order valence-corrected chi connectivity index (χ3v) is 12.4. The predicted octanol–water partition coefficient (Wildman–Crippen LogP) is 16.1. The highest BCUT2D eigenvalue weighted by molar-refractivity contribution is 6.15. The average Bonchev–Trinajstić information content (AvgIpc) is 3.30. The fourth-order valence-electron chi connectivity index (χ4n) is 9.68. The van der Waals surface area contributed by atoms with Gasteiger partial charge in [0.15, 0.2) is 0 Å². The van der Waals surface area contributed by atoms with Crippen LogP contribution >= 0.6 is 0 Å². The molecule has 0 unspecified atom stereocenters. The van der Waals surface area contributed by atoms with Crippen LogP contribution in [0.25, 0.3) is 54.6 Å². The van der Waals surface area contributed by atoms with Crippen LogP contribution in [0.3, 0.4) is 0 Å². The molecule has 2 heteroatoms. The van der Waals surface area contributed by atoms with Gasteiger partial charge in [0.2, 0.25) is 0 Å². The molecule has 2 nitrogen and oxygen atoms in total. The molecule has 10 aromatic rings. The largest absolute Gasteiger partial charge is 0.308 e. The Morgan fingerprint density at radius 3 is 1.75 bits per heavy atom. The minimum atomic E-state index is -0.317. The van der Waals surface area contributed by atoms with Crippen LogP contribution in [-0.2, 0) is 5.41 Å². The molecule has 0 saturated heterocycles. The number of hydrogen-bond donors (Lipinski definition) is 0. The van der Waals surface area contributed by atoms with Crippen LogP contribution in [0.15, 0.2) is 218 Å². The smallest absolute Gasteiger partial charge is 0.0781 e. The summed E-state index contributed by atoms with van der Waals surface area (Å²) in [6.45, 7) is 4.81. The normalized spacial score (nSPS) is 13.0. The molecular weight excluding hydrogens is 713 g/mol. The molecule has 1 aliphatic heterocycles. The van der Waals surface area contributed by atoms with Crippen molar-refractivity contribution in [2.75, 3.05) is 9.80 Å². The second-order valence-corrected chi connectivity index (χ2v) is 16.1. The Hall–Kier alpha value is -7.42. The van der Waals surface area contributed by atoms with E-state index in [0.29, 0.717) is 0 Å². The van der Waals surface area contributed by atoms with E-state index in [4.69, 9.17) is 0 Å². The van der Waals surface area contributed by atoms with Gasteiger partial charge in [-0.05, 0) is 109 Å². The van der Waals surface area contributed by atoms with Gasteiger partial charge in [0, 0.05) is 22.2 Å². The van der Waals surface area contributed by atoms with E-state index in [1.54, 1.807) is 0 Å². The zero-order valence-corrected chi connectivity index (χ0v) is 33.2. The summed E-state index contributed by atoms with van der Waals surface area (Å²) < 4.78 is 0. The van der Waals surface area contributed by atoms with Crippen molar-refractivity contribution in [1.82, 2.24) is 0 Å². The molecule has 0 N–H and O–H groups in total. The minimum absolute atomic E-state index is 0.317. The molecular formula is C57H42N2. The Morgan fingerprint density at radius 1 is 0.390 bits per heavy atom. The second kappa shape index (κ2) is 13.9. The lowest BCUT2D eigenvalue weighted by molar-refractivity contribution is 0.634. The predicted molar refractivity (Wildman–Crippen MR) is 251 cm³/mol. The molecule has 280 valence electrons. The van der Waals surface area contributed by atoms with E-state index in [-0.39, 0.29) is 5.41 Å². The maximum Gasteiger partial charge on any atom is 0.0781 e. The van der Waals surface area contributed by atoms with Crippen molar-refractivity contribution < 1.29 is 0 Å². The Labute approximate surface area is 345 Å². The van der Waals surface area contributed by atoms with Gasteiger partial charge in [-0.1, -0.05) is 184 Å². The molecule has 0 amide bonds. The molecule has 0 aliphatic carbocycles. The van der Waals surface area contributed by atoms with Crippen molar-refractivity contribution in [2.24, 2.45) is 0 Å². The number of hydrogen-bond acceptors (Lipinski definition) is 2. The van der Waals surface area contributed by atoms with E-state index in [2.05, 4.69) is 242 Å². The van der Waals surface area contributed by atoms with Crippen molar-refractivity contribution in [3.63, 3.8) is 0 Å². The molecule has 0 spiro atoms. The van der Waals surface area contributed by atoms with Crippen molar-refractivity contribution in [3.8, 4) is 22.3 Å². The highest BCUT2D eigenvalue weighted by atomic mass is 15.2. The summed E-state index contributed by atoms with van der Waals surface area (Å²) in [5.41, 5.74) is 14.0. The van der Waals surface area contributed by atoms with E-state index in [9.17, 15) is 0 Å². The third kappa shape index (κ3) is 5.63. The highest BCUT2D eigenvalue weighted by Crippen LogP contribution is 2.58. The van der Waals surface area contributed by atoms with E-state index < -0.39 is 0 Å². The first-order chi connectivity index (χ1) is 29.1. The lowest BCUT2D eigenvalue weighted by Crippen LogP contribution is -2.32. The topological polar surface area (TPSA) is 6.48 Å². The van der Waals surface area contributed by atoms with Crippen LogP contribution in [0.1, 0.15) is 25.0 Å². The van der Waals surface area contributed by atoms with Crippen molar-refractivity contribution in [1.29, 1.82) is 0 Å². The Bertz CT molecular complexity index is 3180. The summed E-state index contributed by atoms with van der Waals surface area (Å²) in [7, 11) is 0. The van der Waals surface area contributed by atoms with Crippen LogP contribution in [-0.4, -0.2) is 0 Å². The van der Waals surface area contributed by atoms with Crippen molar-refractivity contribution in [3.05, 3.63) is 230 Å². The van der Waals surface area contributed by atoms with Gasteiger partial charge in [-0.3, -0.25) is 0 Å². The number of para-hydroxylation sites is 2. The molecule has 0 bridgehead atoms. The monoisotopic (exact) mass is 754 g/mol. The highest BCUT2D eigenvalue weighted by Gasteiger charge is 2.40. The zero-order valence-electron chi connectivity index (χ0n) is 33.2. The summed E-state index contributed by atoms with van der Waals surface area (Å²) in [4.78, 5) is 4.99. The first-order valence-corrected chi connectivity index (χ1v) is 20.5. The quantitative estimate of drug-likeness (QED) is 0.156. The Morgan fingerprint density at radius 2 is 0.966 bits per heavy atom. The molecule has 0 saturated carbocycles. The van der Waals surface area contributed by atoms with Crippen molar-refractivity contribution in [2.45, 2.75) is 19.3 Å². The minimum Gasteiger partial charge on any atom is -0.308 e. The maximum atomic E-state index is 2.56. The van der Waals surface area contributed by atoms with Gasteiger partial charge < -0.3 is 9.80 Å². The van der Waals surface area contributed by atoms with Crippen LogP contribution in [0.2, 0.25) is 0 Å². The van der Waals surface area contributed by atoms with Gasteiger partial charge in [0.05, 0.1) is 22.7 Å². The molecule has 11 rings (SSSR count). The number of fused-ring (bicyclic) bond motifs is 6. The van der Waals surface area contributed by atoms with Gasteiger partial charge in [0.25, 0.3) is 0 Å². The first kappa shape index (κ1) is 34.8.